The molecule has 0 saturated carbocycles. The van der Waals surface area contributed by atoms with Gasteiger partial charge in [0, 0.05) is 0 Å². The van der Waals surface area contributed by atoms with E-state index in [2.05, 4.69) is 5.32 Å². The largest absolute Gasteiger partial charge is 0.493 e. The van der Waals surface area contributed by atoms with E-state index in [-0.39, 0.29) is 11.2 Å². The molecule has 0 aliphatic carbocycles. The first kappa shape index (κ1) is 13.9. The molecule has 1 heterocycles. The number of nitrogens with one attached hydrogen (secondary N) is 1. The molecule has 1 aliphatic rings. The second kappa shape index (κ2) is 6.06. The molecule has 1 amide bonds. The molecular weight excluding hydrogens is 266 g/mol. The molecule has 1 atom stereocenters. The van der Waals surface area contributed by atoms with E-state index in [4.69, 9.17) is 14.2 Å². The summed E-state index contributed by atoms with van der Waals surface area (Å²) in [5, 5.41) is 2.75. The van der Waals surface area contributed by atoms with Crippen molar-refractivity contribution >= 4 is 17.7 Å². The first-order valence-electron chi connectivity index (χ1n) is 5.87. The molecule has 0 aromatic heterocycles. The number of benzene rings is 1. The predicted octanol–water partition coefficient (Wildman–Crippen LogP) is 1.44. The molecule has 1 aliphatic heterocycles. The van der Waals surface area contributed by atoms with Crippen LogP contribution < -0.4 is 19.5 Å². The Kier molecular flexibility index (Phi) is 4.42. The molecule has 1 fully saturated rings. The first-order valence-corrected chi connectivity index (χ1v) is 6.92. The molecule has 1 saturated heterocycles. The lowest BCUT2D eigenvalue weighted by molar-refractivity contribution is -0.119. The van der Waals surface area contributed by atoms with Crippen molar-refractivity contribution in [2.75, 3.05) is 27.2 Å². The first-order chi connectivity index (χ1) is 9.19. The highest BCUT2D eigenvalue weighted by molar-refractivity contribution is 8.01. The van der Waals surface area contributed by atoms with E-state index in [0.29, 0.717) is 29.5 Å². The Morgan fingerprint density at radius 3 is 2.26 bits per heavy atom. The Hall–Kier alpha value is -1.56. The van der Waals surface area contributed by atoms with Crippen molar-refractivity contribution in [1.82, 2.24) is 5.32 Å². The highest BCUT2D eigenvalue weighted by Crippen LogP contribution is 2.39. The molecular formula is C13H17NO4S. The fourth-order valence-corrected chi connectivity index (χ4v) is 2.99. The Morgan fingerprint density at radius 2 is 1.84 bits per heavy atom. The number of hydrogen-bond acceptors (Lipinski definition) is 5. The van der Waals surface area contributed by atoms with Gasteiger partial charge in [-0.3, -0.25) is 4.79 Å². The Morgan fingerprint density at radius 1 is 1.21 bits per heavy atom. The van der Waals surface area contributed by atoms with Crippen LogP contribution in [0, 0.1) is 0 Å². The standard InChI is InChI=1S/C13H17NO4S/c1-16-9-4-8(5-10(17-2)12(9)18-3)6-11-13(15)14-7-19-11/h4-5,11H,6-7H2,1-3H3,(H,14,15). The van der Waals surface area contributed by atoms with Crippen LogP contribution in [0.5, 0.6) is 17.2 Å². The fraction of sp³-hybridized carbons (Fsp3) is 0.462. The number of methoxy groups -OCH3 is 3. The van der Waals surface area contributed by atoms with Crippen LogP contribution in [-0.4, -0.2) is 38.4 Å². The number of amides is 1. The van der Waals surface area contributed by atoms with Crippen LogP contribution in [0.25, 0.3) is 0 Å². The summed E-state index contributed by atoms with van der Waals surface area (Å²) in [6, 6.07) is 3.76. The van der Waals surface area contributed by atoms with Gasteiger partial charge in [0.25, 0.3) is 0 Å². The molecule has 1 unspecified atom stereocenters. The van der Waals surface area contributed by atoms with Crippen LogP contribution in [0.15, 0.2) is 12.1 Å². The van der Waals surface area contributed by atoms with E-state index in [0.717, 1.165) is 5.56 Å². The second-order valence-corrected chi connectivity index (χ2v) is 5.27. The minimum atomic E-state index is -0.0530. The summed E-state index contributed by atoms with van der Waals surface area (Å²) in [7, 11) is 4.73. The number of ether oxygens (including phenoxy) is 3. The van der Waals surface area contributed by atoms with Gasteiger partial charge in [-0.25, -0.2) is 0 Å². The summed E-state index contributed by atoms with van der Waals surface area (Å²) >= 11 is 1.61. The number of hydrogen-bond donors (Lipinski definition) is 1. The number of carbonyl (C=O) groups is 1. The van der Waals surface area contributed by atoms with E-state index in [1.54, 1.807) is 33.1 Å². The lowest BCUT2D eigenvalue weighted by Gasteiger charge is -2.15. The molecule has 1 aromatic carbocycles. The number of thioether (sulfide) groups is 1. The molecule has 5 nitrogen and oxygen atoms in total. The second-order valence-electron chi connectivity index (χ2n) is 4.08. The predicted molar refractivity (Wildman–Crippen MR) is 74.2 cm³/mol. The Labute approximate surface area is 116 Å². The molecule has 1 aromatic rings. The summed E-state index contributed by atoms with van der Waals surface area (Å²) in [6.07, 6.45) is 0.646. The SMILES string of the molecule is COc1cc(CC2SCNC2=O)cc(OC)c1OC. The van der Waals surface area contributed by atoms with Crippen molar-refractivity contribution < 1.29 is 19.0 Å². The van der Waals surface area contributed by atoms with Gasteiger partial charge < -0.3 is 19.5 Å². The van der Waals surface area contributed by atoms with Crippen molar-refractivity contribution in [3.63, 3.8) is 0 Å². The van der Waals surface area contributed by atoms with Crippen LogP contribution in [0.2, 0.25) is 0 Å². The minimum absolute atomic E-state index is 0.0530. The van der Waals surface area contributed by atoms with Crippen molar-refractivity contribution in [1.29, 1.82) is 0 Å². The molecule has 19 heavy (non-hydrogen) atoms. The molecule has 0 spiro atoms. The van der Waals surface area contributed by atoms with Gasteiger partial charge in [-0.05, 0) is 24.1 Å². The lowest BCUT2D eigenvalue weighted by Crippen LogP contribution is -2.24. The Bertz CT molecular complexity index is 453. The average molecular weight is 283 g/mol. The van der Waals surface area contributed by atoms with Gasteiger partial charge >= 0.3 is 0 Å². The molecule has 1 N–H and O–H groups in total. The Balaban J connectivity index is 2.28. The molecule has 0 radical (unpaired) electrons. The third-order valence-corrected chi connectivity index (χ3v) is 4.06. The number of carbonyl (C=O) groups excluding carboxylic acids is 1. The van der Waals surface area contributed by atoms with Crippen LogP contribution in [0.3, 0.4) is 0 Å². The summed E-state index contributed by atoms with van der Waals surface area (Å²) < 4.78 is 15.9. The molecule has 6 heteroatoms. The van der Waals surface area contributed by atoms with Gasteiger partial charge in [-0.1, -0.05) is 0 Å². The summed E-state index contributed by atoms with van der Waals surface area (Å²) in [4.78, 5) is 11.6. The molecule has 2 rings (SSSR count). The van der Waals surface area contributed by atoms with E-state index in [9.17, 15) is 4.79 Å². The normalized spacial score (nSPS) is 18.1. The highest BCUT2D eigenvalue weighted by atomic mass is 32.2. The minimum Gasteiger partial charge on any atom is -0.493 e. The third kappa shape index (κ3) is 2.89. The summed E-state index contributed by atoms with van der Waals surface area (Å²) in [6.45, 7) is 0. The van der Waals surface area contributed by atoms with Gasteiger partial charge in [0.15, 0.2) is 11.5 Å². The van der Waals surface area contributed by atoms with Crippen LogP contribution >= 0.6 is 11.8 Å². The third-order valence-electron chi connectivity index (χ3n) is 2.97. The summed E-state index contributed by atoms with van der Waals surface area (Å²) in [5.74, 6) is 2.55. The van der Waals surface area contributed by atoms with E-state index >= 15 is 0 Å². The maximum atomic E-state index is 11.6. The van der Waals surface area contributed by atoms with Crippen molar-refractivity contribution in [2.45, 2.75) is 11.7 Å². The summed E-state index contributed by atoms with van der Waals surface area (Å²) in [5.41, 5.74) is 0.990. The maximum Gasteiger partial charge on any atom is 0.234 e. The zero-order chi connectivity index (χ0) is 13.8. The monoisotopic (exact) mass is 283 g/mol. The van der Waals surface area contributed by atoms with Gasteiger partial charge in [0.2, 0.25) is 11.7 Å². The highest BCUT2D eigenvalue weighted by Gasteiger charge is 2.26. The van der Waals surface area contributed by atoms with Crippen molar-refractivity contribution in [2.24, 2.45) is 0 Å². The van der Waals surface area contributed by atoms with E-state index in [1.165, 1.54) is 0 Å². The lowest BCUT2D eigenvalue weighted by atomic mass is 10.1. The zero-order valence-corrected chi connectivity index (χ0v) is 12.0. The van der Waals surface area contributed by atoms with Crippen LogP contribution in [0.1, 0.15) is 5.56 Å². The zero-order valence-electron chi connectivity index (χ0n) is 11.2. The number of rotatable bonds is 5. The van der Waals surface area contributed by atoms with Gasteiger partial charge in [0.05, 0.1) is 32.5 Å². The van der Waals surface area contributed by atoms with Crippen LogP contribution in [0.4, 0.5) is 0 Å². The average Bonchev–Trinajstić information content (AvgIpc) is 2.83. The molecule has 0 bridgehead atoms. The quantitative estimate of drug-likeness (QED) is 0.886. The van der Waals surface area contributed by atoms with E-state index in [1.807, 2.05) is 12.1 Å². The smallest absolute Gasteiger partial charge is 0.234 e. The van der Waals surface area contributed by atoms with Crippen molar-refractivity contribution in [3.05, 3.63) is 17.7 Å². The van der Waals surface area contributed by atoms with Gasteiger partial charge in [0.1, 0.15) is 0 Å². The van der Waals surface area contributed by atoms with Crippen molar-refractivity contribution in [3.8, 4) is 17.2 Å². The van der Waals surface area contributed by atoms with E-state index < -0.39 is 0 Å². The van der Waals surface area contributed by atoms with Gasteiger partial charge in [-0.15, -0.1) is 11.8 Å². The van der Waals surface area contributed by atoms with Gasteiger partial charge in [-0.2, -0.15) is 0 Å². The topological polar surface area (TPSA) is 56.8 Å². The maximum absolute atomic E-state index is 11.6. The fourth-order valence-electron chi connectivity index (χ4n) is 2.02. The molecule has 104 valence electrons. The van der Waals surface area contributed by atoms with Crippen LogP contribution in [-0.2, 0) is 11.2 Å².